The number of carbonyl (C=O) groups excluding carboxylic acids is 1. The molecule has 0 radical (unpaired) electrons. The molecule has 0 atom stereocenters. The minimum atomic E-state index is -0.327. The summed E-state index contributed by atoms with van der Waals surface area (Å²) >= 11 is 20.8. The second kappa shape index (κ2) is 9.61. The molecule has 10 heteroatoms. The molecule has 140 valence electrons. The average Bonchev–Trinajstić information content (AvgIpc) is 3.08. The van der Waals surface area contributed by atoms with Crippen LogP contribution in [0.25, 0.3) is 0 Å². The second-order valence-electron chi connectivity index (χ2n) is 5.15. The van der Waals surface area contributed by atoms with Crippen LogP contribution in [0.2, 0.25) is 15.1 Å². The Hall–Kier alpha value is -1.51. The van der Waals surface area contributed by atoms with E-state index in [9.17, 15) is 4.79 Å². The Labute approximate surface area is 179 Å². The molecule has 0 aliphatic rings. The molecule has 27 heavy (non-hydrogen) atoms. The van der Waals surface area contributed by atoms with Gasteiger partial charge in [0.25, 0.3) is 5.91 Å². The van der Waals surface area contributed by atoms with Gasteiger partial charge in [-0.2, -0.15) is 0 Å². The number of hydrogen-bond acceptors (Lipinski definition) is 6. The van der Waals surface area contributed by atoms with Crippen molar-refractivity contribution in [3.8, 4) is 5.75 Å². The molecule has 0 fully saturated rings. The maximum Gasteiger partial charge on any atom is 0.264 e. The van der Waals surface area contributed by atoms with Crippen molar-refractivity contribution in [2.24, 2.45) is 0 Å². The van der Waals surface area contributed by atoms with Gasteiger partial charge in [-0.05, 0) is 42.0 Å². The molecular formula is C17H12Cl3N3O2S2. The molecule has 2 aromatic carbocycles. The van der Waals surface area contributed by atoms with Crippen LogP contribution < -0.4 is 10.1 Å². The van der Waals surface area contributed by atoms with Crippen molar-refractivity contribution in [3.05, 3.63) is 63.1 Å². The van der Waals surface area contributed by atoms with E-state index in [1.165, 1.54) is 23.1 Å². The van der Waals surface area contributed by atoms with Crippen LogP contribution in [-0.4, -0.2) is 22.7 Å². The number of halogens is 3. The van der Waals surface area contributed by atoms with Crippen molar-refractivity contribution in [1.29, 1.82) is 0 Å². The summed E-state index contributed by atoms with van der Waals surface area (Å²) in [4.78, 5) is 12.0. The van der Waals surface area contributed by atoms with Crippen molar-refractivity contribution in [2.75, 3.05) is 11.9 Å². The Morgan fingerprint density at radius 1 is 1.07 bits per heavy atom. The molecule has 3 aromatic rings. The largest absolute Gasteiger partial charge is 0.484 e. The number of ether oxygens (including phenoxy) is 1. The molecule has 0 bridgehead atoms. The zero-order chi connectivity index (χ0) is 19.2. The molecular weight excluding hydrogens is 449 g/mol. The molecule has 1 N–H and O–H groups in total. The van der Waals surface area contributed by atoms with Crippen molar-refractivity contribution >= 4 is 68.9 Å². The van der Waals surface area contributed by atoms with Gasteiger partial charge in [0.15, 0.2) is 10.9 Å². The molecule has 0 saturated heterocycles. The van der Waals surface area contributed by atoms with E-state index < -0.39 is 0 Å². The van der Waals surface area contributed by atoms with Crippen molar-refractivity contribution in [2.45, 2.75) is 10.1 Å². The Morgan fingerprint density at radius 2 is 1.78 bits per heavy atom. The topological polar surface area (TPSA) is 64.1 Å². The lowest BCUT2D eigenvalue weighted by atomic mass is 10.2. The van der Waals surface area contributed by atoms with Gasteiger partial charge in [-0.1, -0.05) is 64.0 Å². The summed E-state index contributed by atoms with van der Waals surface area (Å²) in [5.74, 6) is 0.785. The molecule has 1 amide bonds. The minimum Gasteiger partial charge on any atom is -0.484 e. The zero-order valence-electron chi connectivity index (χ0n) is 13.6. The number of anilines is 1. The quantitative estimate of drug-likeness (QED) is 0.356. The monoisotopic (exact) mass is 459 g/mol. The summed E-state index contributed by atoms with van der Waals surface area (Å²) in [6, 6.07) is 12.1. The highest BCUT2D eigenvalue weighted by Crippen LogP contribution is 2.33. The van der Waals surface area contributed by atoms with Crippen LogP contribution in [0.1, 0.15) is 5.56 Å². The summed E-state index contributed by atoms with van der Waals surface area (Å²) < 4.78 is 6.08. The van der Waals surface area contributed by atoms with Crippen LogP contribution in [0.3, 0.4) is 0 Å². The molecule has 1 aromatic heterocycles. The van der Waals surface area contributed by atoms with Crippen LogP contribution in [0.15, 0.2) is 46.8 Å². The predicted molar refractivity (Wildman–Crippen MR) is 112 cm³/mol. The highest BCUT2D eigenvalue weighted by molar-refractivity contribution is 8.00. The van der Waals surface area contributed by atoms with E-state index in [-0.39, 0.29) is 12.5 Å². The van der Waals surface area contributed by atoms with E-state index in [0.29, 0.717) is 36.0 Å². The standard InChI is InChI=1S/C17H12Cl3N3O2S2/c18-10-4-6-11(7-5-10)25-8-15(24)21-16-22-23-17(27-16)26-9-12-13(19)2-1-3-14(12)20/h1-7H,8-9H2,(H,21,22,24). The summed E-state index contributed by atoms with van der Waals surface area (Å²) in [5, 5.41) is 12.9. The Kier molecular flexibility index (Phi) is 7.20. The van der Waals surface area contributed by atoms with E-state index in [1.807, 2.05) is 0 Å². The smallest absolute Gasteiger partial charge is 0.264 e. The van der Waals surface area contributed by atoms with Gasteiger partial charge in [-0.25, -0.2) is 0 Å². The van der Waals surface area contributed by atoms with Gasteiger partial charge in [0, 0.05) is 20.8 Å². The fourth-order valence-electron chi connectivity index (χ4n) is 1.96. The van der Waals surface area contributed by atoms with Gasteiger partial charge < -0.3 is 4.74 Å². The fraction of sp³-hybridized carbons (Fsp3) is 0.118. The molecule has 3 rings (SSSR count). The third-order valence-corrected chi connectivity index (χ3v) is 6.20. The number of nitrogens with zero attached hydrogens (tertiary/aromatic N) is 2. The van der Waals surface area contributed by atoms with E-state index in [2.05, 4.69) is 15.5 Å². The summed E-state index contributed by atoms with van der Waals surface area (Å²) in [6.07, 6.45) is 0. The van der Waals surface area contributed by atoms with Gasteiger partial charge in [0.2, 0.25) is 5.13 Å². The van der Waals surface area contributed by atoms with Gasteiger partial charge >= 0.3 is 0 Å². The average molecular weight is 461 g/mol. The van der Waals surface area contributed by atoms with Crippen LogP contribution in [0.4, 0.5) is 5.13 Å². The lowest BCUT2D eigenvalue weighted by Gasteiger charge is -2.05. The number of carbonyl (C=O) groups is 1. The number of hydrogen-bond donors (Lipinski definition) is 1. The van der Waals surface area contributed by atoms with Crippen LogP contribution in [0, 0.1) is 0 Å². The fourth-order valence-corrected chi connectivity index (χ4v) is 4.59. The number of aromatic nitrogens is 2. The Bertz CT molecular complexity index is 915. The normalized spacial score (nSPS) is 10.6. The molecule has 0 aliphatic heterocycles. The summed E-state index contributed by atoms with van der Waals surface area (Å²) in [6.45, 7) is -0.140. The third-order valence-electron chi connectivity index (χ3n) is 3.24. The predicted octanol–water partition coefficient (Wildman–Crippen LogP) is 5.81. The maximum atomic E-state index is 12.0. The Balaban J connectivity index is 1.50. The van der Waals surface area contributed by atoms with Crippen molar-refractivity contribution < 1.29 is 9.53 Å². The van der Waals surface area contributed by atoms with Gasteiger partial charge in [-0.3, -0.25) is 10.1 Å². The van der Waals surface area contributed by atoms with E-state index in [0.717, 1.165) is 5.56 Å². The molecule has 5 nitrogen and oxygen atoms in total. The molecule has 0 unspecified atom stereocenters. The van der Waals surface area contributed by atoms with Crippen LogP contribution in [0.5, 0.6) is 5.75 Å². The molecule has 0 spiro atoms. The highest BCUT2D eigenvalue weighted by Gasteiger charge is 2.11. The lowest BCUT2D eigenvalue weighted by Crippen LogP contribution is -2.20. The van der Waals surface area contributed by atoms with E-state index in [4.69, 9.17) is 39.5 Å². The van der Waals surface area contributed by atoms with E-state index in [1.54, 1.807) is 42.5 Å². The minimum absolute atomic E-state index is 0.140. The number of thioether (sulfide) groups is 1. The first kappa shape index (κ1) is 20.2. The van der Waals surface area contributed by atoms with Gasteiger partial charge in [0.1, 0.15) is 5.75 Å². The van der Waals surface area contributed by atoms with Gasteiger partial charge in [0.05, 0.1) is 0 Å². The number of amides is 1. The summed E-state index contributed by atoms with van der Waals surface area (Å²) in [7, 11) is 0. The first-order chi connectivity index (χ1) is 13.0. The second-order valence-corrected chi connectivity index (χ2v) is 8.60. The Morgan fingerprint density at radius 3 is 2.48 bits per heavy atom. The third kappa shape index (κ3) is 5.99. The summed E-state index contributed by atoms with van der Waals surface area (Å²) in [5.41, 5.74) is 0.836. The van der Waals surface area contributed by atoms with Gasteiger partial charge in [-0.15, -0.1) is 10.2 Å². The first-order valence-electron chi connectivity index (χ1n) is 7.58. The zero-order valence-corrected chi connectivity index (χ0v) is 17.5. The molecule has 0 saturated carbocycles. The van der Waals surface area contributed by atoms with Crippen molar-refractivity contribution in [3.63, 3.8) is 0 Å². The van der Waals surface area contributed by atoms with Crippen molar-refractivity contribution in [1.82, 2.24) is 10.2 Å². The van der Waals surface area contributed by atoms with Crippen LogP contribution in [-0.2, 0) is 10.5 Å². The lowest BCUT2D eigenvalue weighted by molar-refractivity contribution is -0.118. The maximum absolute atomic E-state index is 12.0. The number of rotatable bonds is 7. The first-order valence-corrected chi connectivity index (χ1v) is 10.5. The molecule has 0 aliphatic carbocycles. The SMILES string of the molecule is O=C(COc1ccc(Cl)cc1)Nc1nnc(SCc2c(Cl)cccc2Cl)s1. The number of benzene rings is 2. The molecule has 1 heterocycles. The number of nitrogens with one attached hydrogen (secondary N) is 1. The highest BCUT2D eigenvalue weighted by atomic mass is 35.5. The van der Waals surface area contributed by atoms with Crippen LogP contribution >= 0.6 is 57.9 Å². The van der Waals surface area contributed by atoms with E-state index >= 15 is 0 Å².